The van der Waals surface area contributed by atoms with E-state index in [1.54, 1.807) is 30.5 Å². The molecule has 7 heteroatoms. The summed E-state index contributed by atoms with van der Waals surface area (Å²) in [5, 5.41) is 2.99. The highest BCUT2D eigenvalue weighted by Gasteiger charge is 2.16. The van der Waals surface area contributed by atoms with E-state index in [0.29, 0.717) is 17.9 Å². The predicted molar refractivity (Wildman–Crippen MR) is 124 cm³/mol. The zero-order valence-corrected chi connectivity index (χ0v) is 18.5. The highest BCUT2D eigenvalue weighted by molar-refractivity contribution is 7.17. The van der Waals surface area contributed by atoms with Crippen molar-refractivity contribution in [1.82, 2.24) is 4.98 Å². The number of esters is 1. The van der Waals surface area contributed by atoms with E-state index in [0.717, 1.165) is 26.8 Å². The van der Waals surface area contributed by atoms with Gasteiger partial charge >= 0.3 is 5.97 Å². The number of nitrogens with two attached hydrogens (primary N) is 1. The lowest BCUT2D eigenvalue weighted by molar-refractivity contribution is -0.142. The molecule has 2 aromatic carbocycles. The number of benzene rings is 2. The van der Waals surface area contributed by atoms with Gasteiger partial charge in [0.15, 0.2) is 5.82 Å². The molecule has 0 unspecified atom stereocenters. The molecule has 0 aliphatic heterocycles. The van der Waals surface area contributed by atoms with E-state index in [2.05, 4.69) is 4.98 Å². The van der Waals surface area contributed by atoms with Crippen LogP contribution in [0.1, 0.15) is 23.7 Å². The minimum absolute atomic E-state index is 0.0350. The fraction of sp³-hybridized carbons (Fsp3) is 0.200. The summed E-state index contributed by atoms with van der Waals surface area (Å²) in [5.41, 5.74) is 8.79. The molecule has 0 fully saturated rings. The molecule has 2 N–H and O–H groups in total. The van der Waals surface area contributed by atoms with E-state index in [-0.39, 0.29) is 31.2 Å². The van der Waals surface area contributed by atoms with Gasteiger partial charge in [0.2, 0.25) is 0 Å². The van der Waals surface area contributed by atoms with Crippen LogP contribution in [0.3, 0.4) is 0 Å². The minimum Gasteiger partial charge on any atom is -0.489 e. The number of rotatable bonds is 8. The quantitative estimate of drug-likeness (QED) is 0.371. The van der Waals surface area contributed by atoms with Gasteiger partial charge in [0.1, 0.15) is 12.4 Å². The highest BCUT2D eigenvalue weighted by atomic mass is 32.1. The van der Waals surface area contributed by atoms with Crippen molar-refractivity contribution in [2.24, 2.45) is 5.73 Å². The Balaban J connectivity index is 1.65. The van der Waals surface area contributed by atoms with E-state index in [1.807, 2.05) is 47.8 Å². The van der Waals surface area contributed by atoms with Gasteiger partial charge in [-0.25, -0.2) is 4.39 Å². The Morgan fingerprint density at radius 3 is 2.81 bits per heavy atom. The van der Waals surface area contributed by atoms with Crippen LogP contribution in [0.5, 0.6) is 5.75 Å². The number of aromatic nitrogens is 1. The van der Waals surface area contributed by atoms with Gasteiger partial charge < -0.3 is 15.2 Å². The zero-order chi connectivity index (χ0) is 22.5. The van der Waals surface area contributed by atoms with Crippen LogP contribution in [0.2, 0.25) is 0 Å². The number of hydrogen-bond donors (Lipinski definition) is 1. The first-order chi connectivity index (χ1) is 15.6. The maximum absolute atomic E-state index is 15.0. The van der Waals surface area contributed by atoms with Crippen LogP contribution in [0.15, 0.2) is 60.1 Å². The number of nitrogens with zero attached hydrogens (tertiary/aromatic N) is 1. The molecule has 0 aliphatic carbocycles. The summed E-state index contributed by atoms with van der Waals surface area (Å²) >= 11 is 1.56. The lowest BCUT2D eigenvalue weighted by Crippen LogP contribution is -2.09. The molecule has 0 amide bonds. The van der Waals surface area contributed by atoms with Crippen LogP contribution in [0.4, 0.5) is 4.39 Å². The molecule has 4 aromatic rings. The van der Waals surface area contributed by atoms with Crippen molar-refractivity contribution in [2.45, 2.75) is 26.5 Å². The number of para-hydroxylation sites is 1. The highest BCUT2D eigenvalue weighted by Crippen LogP contribution is 2.36. The molecule has 0 atom stereocenters. The first kappa shape index (κ1) is 21.9. The maximum Gasteiger partial charge on any atom is 0.310 e. The maximum atomic E-state index is 15.0. The molecule has 0 saturated carbocycles. The average Bonchev–Trinajstić information content (AvgIpc) is 3.27. The largest absolute Gasteiger partial charge is 0.489 e. The number of ether oxygens (including phenoxy) is 2. The number of carbonyl (C=O) groups excluding carboxylic acids is 1. The van der Waals surface area contributed by atoms with Gasteiger partial charge in [-0.1, -0.05) is 18.2 Å². The molecule has 0 radical (unpaired) electrons. The molecule has 0 aliphatic rings. The second kappa shape index (κ2) is 9.89. The molecular weight excluding hydrogens is 427 g/mol. The summed E-state index contributed by atoms with van der Waals surface area (Å²) in [6, 6.07) is 15.0. The third-order valence-electron chi connectivity index (χ3n) is 5.06. The Morgan fingerprint density at radius 1 is 1.16 bits per heavy atom. The van der Waals surface area contributed by atoms with Gasteiger partial charge in [-0.2, -0.15) is 0 Å². The molecule has 2 aromatic heterocycles. The van der Waals surface area contributed by atoms with Crippen molar-refractivity contribution in [3.05, 3.63) is 82.7 Å². The van der Waals surface area contributed by atoms with E-state index in [1.165, 1.54) is 0 Å². The zero-order valence-electron chi connectivity index (χ0n) is 17.6. The van der Waals surface area contributed by atoms with Crippen LogP contribution in [0, 0.1) is 5.82 Å². The van der Waals surface area contributed by atoms with Crippen molar-refractivity contribution < 1.29 is 18.7 Å². The Kier molecular flexibility index (Phi) is 6.78. The summed E-state index contributed by atoms with van der Waals surface area (Å²) in [6.07, 6.45) is 1.72. The van der Waals surface area contributed by atoms with Crippen molar-refractivity contribution in [2.75, 3.05) is 6.61 Å². The number of thiophene rings is 1. The molecule has 4 rings (SSSR count). The van der Waals surface area contributed by atoms with Gasteiger partial charge in [-0.3, -0.25) is 9.78 Å². The molecule has 164 valence electrons. The molecule has 0 bridgehead atoms. The molecule has 2 heterocycles. The second-order valence-corrected chi connectivity index (χ2v) is 8.10. The van der Waals surface area contributed by atoms with E-state index in [4.69, 9.17) is 15.2 Å². The number of halogens is 1. The Labute approximate surface area is 189 Å². The monoisotopic (exact) mass is 450 g/mol. The summed E-state index contributed by atoms with van der Waals surface area (Å²) in [6.45, 7) is 2.42. The van der Waals surface area contributed by atoms with Gasteiger partial charge in [0.05, 0.1) is 18.7 Å². The Morgan fingerprint density at radius 2 is 2.00 bits per heavy atom. The topological polar surface area (TPSA) is 74.4 Å². The van der Waals surface area contributed by atoms with Crippen molar-refractivity contribution in [1.29, 1.82) is 0 Å². The van der Waals surface area contributed by atoms with Gasteiger partial charge in [-0.05, 0) is 53.6 Å². The molecule has 32 heavy (non-hydrogen) atoms. The number of fused-ring (bicyclic) bond motifs is 1. The van der Waals surface area contributed by atoms with Crippen LogP contribution in [0.25, 0.3) is 21.2 Å². The van der Waals surface area contributed by atoms with Crippen LogP contribution >= 0.6 is 11.3 Å². The minimum atomic E-state index is -0.400. The van der Waals surface area contributed by atoms with Gasteiger partial charge in [0, 0.05) is 34.1 Å². The van der Waals surface area contributed by atoms with Crippen molar-refractivity contribution in [3.8, 4) is 16.9 Å². The van der Waals surface area contributed by atoms with Crippen molar-refractivity contribution in [3.63, 3.8) is 0 Å². The summed E-state index contributed by atoms with van der Waals surface area (Å²) in [5.74, 6) is -0.0787. The Hall–Kier alpha value is -3.29. The lowest BCUT2D eigenvalue weighted by atomic mass is 10.0. The summed E-state index contributed by atoms with van der Waals surface area (Å²) in [4.78, 5) is 16.0. The standard InChI is InChI=1S/C25H23FN2O3S/c1-2-30-23(29)13-17-5-3-4-6-22(17)31-15-16-11-18-8-10-32-25(18)20(12-16)19-7-9-28-21(14-27)24(19)26/h3-12H,2,13-15,27H2,1H3. The lowest BCUT2D eigenvalue weighted by Gasteiger charge is -2.13. The first-order valence-corrected chi connectivity index (χ1v) is 11.2. The normalized spacial score (nSPS) is 11.0. The SMILES string of the molecule is CCOC(=O)Cc1ccccc1OCc1cc(-c2ccnc(CN)c2F)c2sccc2c1. The first-order valence-electron chi connectivity index (χ1n) is 10.3. The van der Waals surface area contributed by atoms with Crippen LogP contribution < -0.4 is 10.5 Å². The van der Waals surface area contributed by atoms with Crippen LogP contribution in [-0.4, -0.2) is 17.6 Å². The van der Waals surface area contributed by atoms with E-state index in [9.17, 15) is 9.18 Å². The van der Waals surface area contributed by atoms with Crippen molar-refractivity contribution >= 4 is 27.4 Å². The third kappa shape index (κ3) is 4.64. The summed E-state index contributed by atoms with van der Waals surface area (Å²) < 4.78 is 27.1. The van der Waals surface area contributed by atoms with Gasteiger partial charge in [0.25, 0.3) is 0 Å². The number of carbonyl (C=O) groups is 1. The van der Waals surface area contributed by atoms with Crippen LogP contribution in [-0.2, 0) is 29.1 Å². The number of pyridine rings is 1. The summed E-state index contributed by atoms with van der Waals surface area (Å²) in [7, 11) is 0. The predicted octanol–water partition coefficient (Wildman–Crippen LogP) is 5.25. The third-order valence-corrected chi connectivity index (χ3v) is 6.03. The van der Waals surface area contributed by atoms with E-state index < -0.39 is 5.82 Å². The smallest absolute Gasteiger partial charge is 0.310 e. The molecule has 0 saturated heterocycles. The fourth-order valence-electron chi connectivity index (χ4n) is 3.58. The average molecular weight is 451 g/mol. The Bertz CT molecular complexity index is 1260. The second-order valence-electron chi connectivity index (χ2n) is 7.18. The molecule has 5 nitrogen and oxygen atoms in total. The fourth-order valence-corrected chi connectivity index (χ4v) is 4.49. The molecular formula is C25H23FN2O3S. The number of hydrogen-bond acceptors (Lipinski definition) is 6. The molecule has 0 spiro atoms. The van der Waals surface area contributed by atoms with Gasteiger partial charge in [-0.15, -0.1) is 11.3 Å². The van der Waals surface area contributed by atoms with E-state index >= 15 is 0 Å².